The van der Waals surface area contributed by atoms with Crippen molar-refractivity contribution in [3.8, 4) is 0 Å². The summed E-state index contributed by atoms with van der Waals surface area (Å²) >= 11 is 0. The number of unbranched alkanes of at least 4 members (excludes halogenated alkanes) is 4. The number of rotatable bonds is 11. The van der Waals surface area contributed by atoms with E-state index in [1.165, 1.54) is 19.3 Å². The molecule has 0 aliphatic carbocycles. The minimum Gasteiger partial charge on any atom is -0.390 e. The molecule has 126 valence electrons. The lowest BCUT2D eigenvalue weighted by molar-refractivity contribution is 0.0137. The van der Waals surface area contributed by atoms with Crippen molar-refractivity contribution in [3.05, 3.63) is 35.4 Å². The van der Waals surface area contributed by atoms with Crippen LogP contribution in [0.1, 0.15) is 76.0 Å². The normalized spacial score (nSPS) is 15.5. The highest BCUT2D eigenvalue weighted by molar-refractivity contribution is 5.24. The average Bonchev–Trinajstić information content (AvgIpc) is 2.54. The summed E-state index contributed by atoms with van der Waals surface area (Å²) in [4.78, 5) is 0. The number of aliphatic hydroxyl groups is 3. The Morgan fingerprint density at radius 1 is 0.818 bits per heavy atom. The molecule has 22 heavy (non-hydrogen) atoms. The van der Waals surface area contributed by atoms with Gasteiger partial charge >= 0.3 is 0 Å². The Balaban J connectivity index is 2.35. The lowest BCUT2D eigenvalue weighted by Gasteiger charge is -2.18. The van der Waals surface area contributed by atoms with Crippen molar-refractivity contribution in [1.82, 2.24) is 0 Å². The fraction of sp³-hybridized carbons (Fsp3) is 0.684. The first-order valence-electron chi connectivity index (χ1n) is 8.71. The summed E-state index contributed by atoms with van der Waals surface area (Å²) < 4.78 is 0. The van der Waals surface area contributed by atoms with Crippen LogP contribution in [0.4, 0.5) is 0 Å². The largest absolute Gasteiger partial charge is 0.390 e. The van der Waals surface area contributed by atoms with E-state index in [1.54, 1.807) is 0 Å². The molecule has 0 bridgehead atoms. The van der Waals surface area contributed by atoms with E-state index in [1.807, 2.05) is 31.2 Å². The predicted octanol–water partition coefficient (Wildman–Crippen LogP) is 3.75. The molecular weight excluding hydrogens is 276 g/mol. The van der Waals surface area contributed by atoms with Gasteiger partial charge in [-0.05, 0) is 24.0 Å². The molecule has 0 fully saturated rings. The molecule has 3 nitrogen and oxygen atoms in total. The zero-order chi connectivity index (χ0) is 16.4. The van der Waals surface area contributed by atoms with Crippen LogP contribution in [0.2, 0.25) is 0 Å². The van der Waals surface area contributed by atoms with Crippen molar-refractivity contribution in [3.63, 3.8) is 0 Å². The maximum Gasteiger partial charge on any atom is 0.0839 e. The molecule has 1 aromatic rings. The molecule has 1 rings (SSSR count). The summed E-state index contributed by atoms with van der Waals surface area (Å²) in [6, 6.07) is 7.64. The van der Waals surface area contributed by atoms with Crippen molar-refractivity contribution in [1.29, 1.82) is 0 Å². The number of benzene rings is 1. The Labute approximate surface area is 135 Å². The average molecular weight is 308 g/mol. The second-order valence-electron chi connectivity index (χ2n) is 6.21. The Morgan fingerprint density at radius 3 is 2.05 bits per heavy atom. The molecule has 0 spiro atoms. The van der Waals surface area contributed by atoms with Gasteiger partial charge in [0.15, 0.2) is 0 Å². The van der Waals surface area contributed by atoms with Gasteiger partial charge in [0.05, 0.1) is 18.3 Å². The summed E-state index contributed by atoms with van der Waals surface area (Å²) in [7, 11) is 0. The molecule has 3 N–H and O–H groups in total. The molecule has 0 aromatic heterocycles. The van der Waals surface area contributed by atoms with Gasteiger partial charge in [0.1, 0.15) is 0 Å². The van der Waals surface area contributed by atoms with Gasteiger partial charge in [-0.25, -0.2) is 0 Å². The summed E-state index contributed by atoms with van der Waals surface area (Å²) in [6.45, 7) is 4.13. The highest BCUT2D eigenvalue weighted by Gasteiger charge is 2.16. The minimum atomic E-state index is -0.715. The summed E-state index contributed by atoms with van der Waals surface area (Å²) in [6.07, 6.45) is 5.79. The Morgan fingerprint density at radius 2 is 1.45 bits per heavy atom. The Kier molecular flexibility index (Phi) is 9.37. The van der Waals surface area contributed by atoms with Gasteiger partial charge in [0, 0.05) is 6.42 Å². The van der Waals surface area contributed by atoms with E-state index >= 15 is 0 Å². The maximum atomic E-state index is 10.1. The lowest BCUT2D eigenvalue weighted by atomic mass is 9.97. The van der Waals surface area contributed by atoms with Crippen molar-refractivity contribution < 1.29 is 15.3 Å². The molecule has 0 aliphatic heterocycles. The van der Waals surface area contributed by atoms with E-state index in [2.05, 4.69) is 6.92 Å². The molecule has 3 atom stereocenters. The van der Waals surface area contributed by atoms with Gasteiger partial charge in [0.25, 0.3) is 0 Å². The Hall–Kier alpha value is -0.900. The quantitative estimate of drug-likeness (QED) is 0.546. The van der Waals surface area contributed by atoms with Crippen molar-refractivity contribution >= 4 is 0 Å². The maximum absolute atomic E-state index is 10.1. The van der Waals surface area contributed by atoms with Crippen LogP contribution in [0.15, 0.2) is 24.3 Å². The summed E-state index contributed by atoms with van der Waals surface area (Å²) in [5, 5.41) is 29.9. The molecule has 0 amide bonds. The van der Waals surface area contributed by atoms with Gasteiger partial charge in [-0.2, -0.15) is 0 Å². The molecule has 0 heterocycles. The fourth-order valence-corrected chi connectivity index (χ4v) is 2.64. The fourth-order valence-electron chi connectivity index (χ4n) is 2.64. The second-order valence-corrected chi connectivity index (χ2v) is 6.21. The van der Waals surface area contributed by atoms with Gasteiger partial charge in [-0.1, -0.05) is 70.2 Å². The summed E-state index contributed by atoms with van der Waals surface area (Å²) in [5.74, 6) is 0. The molecule has 1 aromatic carbocycles. The standard InChI is InChI=1S/C19H32O3/c1-3-5-6-7-8-9-18(21)19(22)14-15-10-12-16(13-11-15)17(20)4-2/h10-13,17-22H,3-9,14H2,1-2H3/t17-,18-,19-/m1/s1. The number of hydrogen-bond donors (Lipinski definition) is 3. The summed E-state index contributed by atoms with van der Waals surface area (Å²) in [5.41, 5.74) is 1.89. The first kappa shape index (κ1) is 19.1. The topological polar surface area (TPSA) is 60.7 Å². The van der Waals surface area contributed by atoms with E-state index < -0.39 is 18.3 Å². The second kappa shape index (κ2) is 10.8. The molecule has 0 aliphatic rings. The van der Waals surface area contributed by atoms with Crippen LogP contribution >= 0.6 is 0 Å². The SMILES string of the molecule is CCCCCCC[C@@H](O)[C@H](O)Cc1ccc([C@H](O)CC)cc1. The third-order valence-corrected chi connectivity index (χ3v) is 4.24. The van der Waals surface area contributed by atoms with Gasteiger partial charge in [-0.15, -0.1) is 0 Å². The van der Waals surface area contributed by atoms with E-state index in [0.717, 1.165) is 24.0 Å². The minimum absolute atomic E-state index is 0.423. The molecular formula is C19H32O3. The van der Waals surface area contributed by atoms with E-state index in [0.29, 0.717) is 19.3 Å². The zero-order valence-electron chi connectivity index (χ0n) is 14.0. The van der Waals surface area contributed by atoms with Crippen LogP contribution in [0.3, 0.4) is 0 Å². The molecule has 0 unspecified atom stereocenters. The number of aliphatic hydroxyl groups excluding tert-OH is 3. The molecule has 3 heteroatoms. The van der Waals surface area contributed by atoms with Crippen LogP contribution in [-0.2, 0) is 6.42 Å². The van der Waals surface area contributed by atoms with Crippen LogP contribution in [0, 0.1) is 0 Å². The van der Waals surface area contributed by atoms with E-state index in [9.17, 15) is 15.3 Å². The van der Waals surface area contributed by atoms with Crippen LogP contribution < -0.4 is 0 Å². The van der Waals surface area contributed by atoms with E-state index in [4.69, 9.17) is 0 Å². The smallest absolute Gasteiger partial charge is 0.0839 e. The highest BCUT2D eigenvalue weighted by atomic mass is 16.3. The van der Waals surface area contributed by atoms with Gasteiger partial charge < -0.3 is 15.3 Å². The van der Waals surface area contributed by atoms with Gasteiger partial charge in [-0.3, -0.25) is 0 Å². The highest BCUT2D eigenvalue weighted by Crippen LogP contribution is 2.18. The van der Waals surface area contributed by atoms with Crippen molar-refractivity contribution in [2.24, 2.45) is 0 Å². The zero-order valence-corrected chi connectivity index (χ0v) is 14.0. The van der Waals surface area contributed by atoms with Crippen LogP contribution in [0.25, 0.3) is 0 Å². The predicted molar refractivity (Wildman–Crippen MR) is 90.8 cm³/mol. The van der Waals surface area contributed by atoms with Crippen molar-refractivity contribution in [2.45, 2.75) is 83.5 Å². The number of hydrogen-bond acceptors (Lipinski definition) is 3. The Bertz CT molecular complexity index is 388. The third-order valence-electron chi connectivity index (χ3n) is 4.24. The first-order valence-corrected chi connectivity index (χ1v) is 8.71. The molecule has 0 radical (unpaired) electrons. The van der Waals surface area contributed by atoms with Crippen LogP contribution in [0.5, 0.6) is 0 Å². The monoisotopic (exact) mass is 308 g/mol. The van der Waals surface area contributed by atoms with Crippen LogP contribution in [-0.4, -0.2) is 27.5 Å². The van der Waals surface area contributed by atoms with Gasteiger partial charge in [0.2, 0.25) is 0 Å². The third kappa shape index (κ3) is 6.91. The molecule has 0 saturated carbocycles. The molecule has 0 saturated heterocycles. The lowest BCUT2D eigenvalue weighted by Crippen LogP contribution is -2.27. The first-order chi connectivity index (χ1) is 10.6. The van der Waals surface area contributed by atoms with E-state index in [-0.39, 0.29) is 0 Å². The van der Waals surface area contributed by atoms with Crippen molar-refractivity contribution in [2.75, 3.05) is 0 Å².